The SMILES string of the molecule is CCOc1c(Br)cc(Cl)cc1NC=C1C(=O)OC(C)(C)OC1=O. The first kappa shape index (κ1) is 17.6. The Labute approximate surface area is 146 Å². The van der Waals surface area contributed by atoms with Gasteiger partial charge in [-0.1, -0.05) is 11.6 Å². The van der Waals surface area contributed by atoms with Gasteiger partial charge in [-0.05, 0) is 35.0 Å². The van der Waals surface area contributed by atoms with E-state index in [1.807, 2.05) is 6.92 Å². The standard InChI is InChI=1S/C15H15BrClNO5/c1-4-21-12-10(16)5-8(17)6-11(12)18-7-9-13(19)22-15(2,3)23-14(9)20/h5-7,18H,4H2,1-3H3. The van der Waals surface area contributed by atoms with Crippen LogP contribution in [0.25, 0.3) is 0 Å². The van der Waals surface area contributed by atoms with Crippen LogP contribution in [0.1, 0.15) is 20.8 Å². The molecule has 0 atom stereocenters. The van der Waals surface area contributed by atoms with Crippen LogP contribution >= 0.6 is 27.5 Å². The highest BCUT2D eigenvalue weighted by molar-refractivity contribution is 9.10. The molecule has 0 aliphatic carbocycles. The summed E-state index contributed by atoms with van der Waals surface area (Å²) in [5, 5.41) is 3.29. The summed E-state index contributed by atoms with van der Waals surface area (Å²) in [4.78, 5) is 23.8. The third-order valence-electron chi connectivity index (χ3n) is 2.79. The zero-order valence-electron chi connectivity index (χ0n) is 12.7. The van der Waals surface area contributed by atoms with E-state index in [2.05, 4.69) is 21.2 Å². The van der Waals surface area contributed by atoms with Crippen molar-refractivity contribution in [2.45, 2.75) is 26.6 Å². The van der Waals surface area contributed by atoms with Gasteiger partial charge in [-0.3, -0.25) is 0 Å². The molecule has 1 aromatic carbocycles. The Morgan fingerprint density at radius 2 is 1.91 bits per heavy atom. The van der Waals surface area contributed by atoms with Gasteiger partial charge in [0.15, 0.2) is 11.3 Å². The topological polar surface area (TPSA) is 73.9 Å². The molecule has 23 heavy (non-hydrogen) atoms. The third-order valence-corrected chi connectivity index (χ3v) is 3.59. The lowest BCUT2D eigenvalue weighted by Gasteiger charge is -2.29. The molecule has 1 saturated heterocycles. The number of nitrogens with one attached hydrogen (secondary N) is 1. The van der Waals surface area contributed by atoms with Crippen LogP contribution < -0.4 is 10.1 Å². The van der Waals surface area contributed by atoms with Crippen LogP contribution in [0.3, 0.4) is 0 Å². The van der Waals surface area contributed by atoms with E-state index >= 15 is 0 Å². The van der Waals surface area contributed by atoms with Crippen LogP contribution in [0, 0.1) is 0 Å². The first-order valence-electron chi connectivity index (χ1n) is 6.78. The van der Waals surface area contributed by atoms with E-state index in [4.69, 9.17) is 25.8 Å². The molecule has 8 heteroatoms. The van der Waals surface area contributed by atoms with Crippen LogP contribution in [0.2, 0.25) is 5.02 Å². The van der Waals surface area contributed by atoms with Crippen molar-refractivity contribution in [1.29, 1.82) is 0 Å². The smallest absolute Gasteiger partial charge is 0.350 e. The first-order valence-corrected chi connectivity index (χ1v) is 7.96. The molecule has 1 aliphatic rings. The predicted octanol–water partition coefficient (Wildman–Crippen LogP) is 3.63. The maximum atomic E-state index is 11.9. The maximum absolute atomic E-state index is 11.9. The average molecular weight is 405 g/mol. The number of rotatable bonds is 4. The fourth-order valence-electron chi connectivity index (χ4n) is 1.89. The Hall–Kier alpha value is -1.73. The molecular formula is C15H15BrClNO5. The van der Waals surface area contributed by atoms with Crippen molar-refractivity contribution in [2.75, 3.05) is 11.9 Å². The molecule has 0 radical (unpaired) electrons. The molecule has 0 unspecified atom stereocenters. The van der Waals surface area contributed by atoms with E-state index in [1.54, 1.807) is 12.1 Å². The lowest BCUT2D eigenvalue weighted by atomic mass is 10.2. The van der Waals surface area contributed by atoms with Crippen LogP contribution in [-0.2, 0) is 19.1 Å². The van der Waals surface area contributed by atoms with Crippen LogP contribution in [0.4, 0.5) is 5.69 Å². The number of hydrogen-bond donors (Lipinski definition) is 1. The summed E-state index contributed by atoms with van der Waals surface area (Å²) in [7, 11) is 0. The largest absolute Gasteiger partial charge is 0.491 e. The fraction of sp³-hybridized carbons (Fsp3) is 0.333. The molecule has 124 valence electrons. The van der Waals surface area contributed by atoms with Crippen molar-refractivity contribution in [3.05, 3.63) is 33.4 Å². The van der Waals surface area contributed by atoms with Crippen molar-refractivity contribution in [2.24, 2.45) is 0 Å². The predicted molar refractivity (Wildman–Crippen MR) is 88.3 cm³/mol. The third kappa shape index (κ3) is 4.17. The van der Waals surface area contributed by atoms with Crippen molar-refractivity contribution in [3.8, 4) is 5.75 Å². The van der Waals surface area contributed by atoms with Gasteiger partial charge in [-0.15, -0.1) is 0 Å². The summed E-state index contributed by atoms with van der Waals surface area (Å²) < 4.78 is 16.2. The van der Waals surface area contributed by atoms with Gasteiger partial charge in [-0.2, -0.15) is 0 Å². The van der Waals surface area contributed by atoms with Gasteiger partial charge in [0.1, 0.15) is 0 Å². The quantitative estimate of drug-likeness (QED) is 0.469. The van der Waals surface area contributed by atoms with E-state index in [1.165, 1.54) is 20.0 Å². The molecule has 0 amide bonds. The summed E-state index contributed by atoms with van der Waals surface area (Å²) in [6.45, 7) is 5.23. The lowest BCUT2D eigenvalue weighted by Crippen LogP contribution is -2.42. The molecule has 0 saturated carbocycles. The summed E-state index contributed by atoms with van der Waals surface area (Å²) in [6.07, 6.45) is 1.21. The van der Waals surface area contributed by atoms with E-state index in [-0.39, 0.29) is 5.57 Å². The Kier molecular flexibility index (Phi) is 5.21. The number of hydrogen-bond acceptors (Lipinski definition) is 6. The van der Waals surface area contributed by atoms with E-state index in [0.717, 1.165) is 0 Å². The van der Waals surface area contributed by atoms with E-state index < -0.39 is 17.7 Å². The molecule has 1 heterocycles. The van der Waals surface area contributed by atoms with Crippen LogP contribution in [-0.4, -0.2) is 24.3 Å². The van der Waals surface area contributed by atoms with Crippen molar-refractivity contribution in [3.63, 3.8) is 0 Å². The Bertz CT molecular complexity index is 665. The molecule has 1 fully saturated rings. The van der Waals surface area contributed by atoms with Crippen molar-refractivity contribution < 1.29 is 23.8 Å². The minimum atomic E-state index is -1.28. The molecule has 1 N–H and O–H groups in total. The maximum Gasteiger partial charge on any atom is 0.350 e. The van der Waals surface area contributed by atoms with Gasteiger partial charge in [-0.25, -0.2) is 9.59 Å². The number of carbonyl (C=O) groups excluding carboxylic acids is 2. The number of halogens is 2. The molecule has 2 rings (SSSR count). The van der Waals surface area contributed by atoms with E-state index in [0.29, 0.717) is 27.5 Å². The molecule has 1 aliphatic heterocycles. The highest BCUT2D eigenvalue weighted by atomic mass is 79.9. The normalized spacial score (nSPS) is 16.5. The summed E-state index contributed by atoms with van der Waals surface area (Å²) in [5.74, 6) is -2.30. The van der Waals surface area contributed by atoms with Gasteiger partial charge in [0.05, 0.1) is 16.8 Å². The zero-order valence-corrected chi connectivity index (χ0v) is 15.1. The number of cyclic esters (lactones) is 2. The van der Waals surface area contributed by atoms with Crippen molar-refractivity contribution >= 4 is 45.2 Å². The Morgan fingerprint density at radius 3 is 2.48 bits per heavy atom. The van der Waals surface area contributed by atoms with Gasteiger partial charge in [0.25, 0.3) is 5.79 Å². The van der Waals surface area contributed by atoms with Crippen LogP contribution in [0.5, 0.6) is 5.75 Å². The number of benzene rings is 1. The Morgan fingerprint density at radius 1 is 1.30 bits per heavy atom. The number of carbonyl (C=O) groups is 2. The summed E-state index contributed by atoms with van der Waals surface area (Å²) >= 11 is 9.36. The molecule has 1 aromatic rings. The first-order chi connectivity index (χ1) is 10.7. The molecular weight excluding hydrogens is 390 g/mol. The monoisotopic (exact) mass is 403 g/mol. The van der Waals surface area contributed by atoms with Crippen LogP contribution in [0.15, 0.2) is 28.4 Å². The molecule has 6 nitrogen and oxygen atoms in total. The Balaban J connectivity index is 2.29. The van der Waals surface area contributed by atoms with Gasteiger partial charge in [0.2, 0.25) is 0 Å². The van der Waals surface area contributed by atoms with Gasteiger partial charge < -0.3 is 19.5 Å². The van der Waals surface area contributed by atoms with Gasteiger partial charge in [0, 0.05) is 25.1 Å². The minimum Gasteiger partial charge on any atom is -0.491 e. The van der Waals surface area contributed by atoms with Crippen molar-refractivity contribution in [1.82, 2.24) is 0 Å². The number of anilines is 1. The number of esters is 2. The van der Waals surface area contributed by atoms with Gasteiger partial charge >= 0.3 is 11.9 Å². The second kappa shape index (κ2) is 6.80. The second-order valence-electron chi connectivity index (χ2n) is 5.08. The average Bonchev–Trinajstić information content (AvgIpc) is 2.40. The molecule has 0 aromatic heterocycles. The van der Waals surface area contributed by atoms with E-state index in [9.17, 15) is 9.59 Å². The highest BCUT2D eigenvalue weighted by Gasteiger charge is 2.39. The fourth-order valence-corrected chi connectivity index (χ4v) is 2.81. The zero-order chi connectivity index (χ0) is 17.2. The molecule has 0 spiro atoms. The lowest BCUT2D eigenvalue weighted by molar-refractivity contribution is -0.222. The summed E-state index contributed by atoms with van der Waals surface area (Å²) in [5.41, 5.74) is 0.243. The second-order valence-corrected chi connectivity index (χ2v) is 6.37. The highest BCUT2D eigenvalue weighted by Crippen LogP contribution is 2.37. The number of ether oxygens (including phenoxy) is 3. The molecule has 0 bridgehead atoms. The minimum absolute atomic E-state index is 0.247. The summed E-state index contributed by atoms with van der Waals surface area (Å²) in [6, 6.07) is 3.29.